The number of esters is 1. The minimum Gasteiger partial charge on any atom is -0.467 e. The average Bonchev–Trinajstić information content (AvgIpc) is 3.09. The highest BCUT2D eigenvalue weighted by atomic mass is 16.5. The van der Waals surface area contributed by atoms with Crippen molar-refractivity contribution < 1.29 is 14.3 Å². The van der Waals surface area contributed by atoms with Gasteiger partial charge < -0.3 is 15.0 Å². The van der Waals surface area contributed by atoms with Crippen molar-refractivity contribution in [2.75, 3.05) is 7.11 Å². The second-order valence-electron chi connectivity index (χ2n) is 5.89. The maximum Gasteiger partial charge on any atom is 0.328 e. The zero-order chi connectivity index (χ0) is 18.4. The topological polar surface area (TPSA) is 71.2 Å². The van der Waals surface area contributed by atoms with E-state index in [1.54, 1.807) is 6.08 Å². The van der Waals surface area contributed by atoms with E-state index in [-0.39, 0.29) is 5.91 Å². The zero-order valence-corrected chi connectivity index (χ0v) is 14.4. The number of methoxy groups -OCH3 is 1. The van der Waals surface area contributed by atoms with Gasteiger partial charge in [0.25, 0.3) is 0 Å². The molecule has 0 saturated carbocycles. The van der Waals surface area contributed by atoms with Gasteiger partial charge in [-0.3, -0.25) is 4.79 Å². The fourth-order valence-electron chi connectivity index (χ4n) is 2.81. The van der Waals surface area contributed by atoms with E-state index in [0.29, 0.717) is 6.42 Å². The first-order valence-electron chi connectivity index (χ1n) is 8.34. The highest BCUT2D eigenvalue weighted by molar-refractivity contribution is 5.95. The fraction of sp³-hybridized carbons (Fsp3) is 0.143. The van der Waals surface area contributed by atoms with Crippen LogP contribution in [-0.4, -0.2) is 30.0 Å². The molecule has 0 fully saturated rings. The summed E-state index contributed by atoms with van der Waals surface area (Å²) in [5.74, 6) is -0.819. The van der Waals surface area contributed by atoms with Crippen LogP contribution in [0.5, 0.6) is 0 Å². The van der Waals surface area contributed by atoms with Gasteiger partial charge >= 0.3 is 5.97 Å². The third-order valence-electron chi connectivity index (χ3n) is 4.13. The molecule has 0 spiro atoms. The largest absolute Gasteiger partial charge is 0.467 e. The molecule has 5 heteroatoms. The van der Waals surface area contributed by atoms with E-state index in [0.717, 1.165) is 22.0 Å². The minimum atomic E-state index is -0.757. The second-order valence-corrected chi connectivity index (χ2v) is 5.89. The van der Waals surface area contributed by atoms with Crippen LogP contribution in [0, 0.1) is 0 Å². The monoisotopic (exact) mass is 348 g/mol. The van der Waals surface area contributed by atoms with Crippen LogP contribution in [0.2, 0.25) is 0 Å². The fourth-order valence-corrected chi connectivity index (χ4v) is 2.81. The molecule has 0 aliphatic heterocycles. The minimum absolute atomic E-state index is 0.343. The Labute approximate surface area is 151 Å². The molecular weight excluding hydrogens is 328 g/mol. The van der Waals surface area contributed by atoms with E-state index < -0.39 is 12.0 Å². The van der Waals surface area contributed by atoms with Crippen LogP contribution in [0.4, 0.5) is 0 Å². The van der Waals surface area contributed by atoms with Crippen molar-refractivity contribution >= 4 is 28.9 Å². The second kappa shape index (κ2) is 8.16. The van der Waals surface area contributed by atoms with Gasteiger partial charge in [0.1, 0.15) is 6.04 Å². The summed E-state index contributed by atoms with van der Waals surface area (Å²) in [6.07, 6.45) is 5.32. The molecule has 0 aliphatic rings. The van der Waals surface area contributed by atoms with Gasteiger partial charge in [-0.1, -0.05) is 48.5 Å². The van der Waals surface area contributed by atoms with Gasteiger partial charge in [-0.25, -0.2) is 4.79 Å². The molecule has 132 valence electrons. The van der Waals surface area contributed by atoms with E-state index >= 15 is 0 Å². The number of aromatic amines is 1. The number of fused-ring (bicyclic) bond motifs is 1. The Morgan fingerprint density at radius 3 is 2.62 bits per heavy atom. The molecule has 1 aromatic heterocycles. The lowest BCUT2D eigenvalue weighted by molar-refractivity contribution is -0.144. The summed E-state index contributed by atoms with van der Waals surface area (Å²) in [5, 5.41) is 3.75. The number of nitrogens with one attached hydrogen (secondary N) is 2. The Balaban J connectivity index is 1.73. The molecule has 0 unspecified atom stereocenters. The Bertz CT molecular complexity index is 929. The van der Waals surface area contributed by atoms with Gasteiger partial charge in [-0.2, -0.15) is 0 Å². The average molecular weight is 348 g/mol. The van der Waals surface area contributed by atoms with Crippen molar-refractivity contribution in [3.05, 3.63) is 78.0 Å². The van der Waals surface area contributed by atoms with E-state index in [9.17, 15) is 9.59 Å². The van der Waals surface area contributed by atoms with Crippen molar-refractivity contribution in [2.45, 2.75) is 12.5 Å². The third-order valence-corrected chi connectivity index (χ3v) is 4.13. The highest BCUT2D eigenvalue weighted by Gasteiger charge is 2.22. The van der Waals surface area contributed by atoms with E-state index in [4.69, 9.17) is 4.74 Å². The lowest BCUT2D eigenvalue weighted by atomic mass is 10.0. The first-order valence-corrected chi connectivity index (χ1v) is 8.34. The Kier molecular flexibility index (Phi) is 5.49. The smallest absolute Gasteiger partial charge is 0.328 e. The maximum atomic E-state index is 12.2. The summed E-state index contributed by atoms with van der Waals surface area (Å²) in [4.78, 5) is 27.5. The van der Waals surface area contributed by atoms with Crippen LogP contribution in [0.1, 0.15) is 11.1 Å². The molecule has 1 amide bonds. The molecule has 2 aromatic carbocycles. The molecule has 2 N–H and O–H groups in total. The van der Waals surface area contributed by atoms with Crippen LogP contribution in [0.3, 0.4) is 0 Å². The summed E-state index contributed by atoms with van der Waals surface area (Å²) in [5.41, 5.74) is 2.85. The number of H-pyrrole nitrogens is 1. The van der Waals surface area contributed by atoms with Crippen molar-refractivity contribution in [1.82, 2.24) is 10.3 Å². The lowest BCUT2D eigenvalue weighted by Gasteiger charge is -2.15. The lowest BCUT2D eigenvalue weighted by Crippen LogP contribution is -2.42. The summed E-state index contributed by atoms with van der Waals surface area (Å²) in [6.45, 7) is 0. The molecule has 3 aromatic rings. The van der Waals surface area contributed by atoms with Crippen molar-refractivity contribution in [3.63, 3.8) is 0 Å². The zero-order valence-electron chi connectivity index (χ0n) is 14.4. The number of hydrogen-bond acceptors (Lipinski definition) is 3. The predicted molar refractivity (Wildman–Crippen MR) is 101 cm³/mol. The molecule has 0 bridgehead atoms. The highest BCUT2D eigenvalue weighted by Crippen LogP contribution is 2.19. The van der Waals surface area contributed by atoms with Gasteiger partial charge in [0.15, 0.2) is 0 Å². The first-order chi connectivity index (χ1) is 12.7. The number of rotatable bonds is 6. The van der Waals surface area contributed by atoms with E-state index in [1.165, 1.54) is 13.2 Å². The van der Waals surface area contributed by atoms with Crippen LogP contribution in [0.15, 0.2) is 66.9 Å². The van der Waals surface area contributed by atoms with E-state index in [1.807, 2.05) is 60.8 Å². The number of aromatic nitrogens is 1. The third kappa shape index (κ3) is 4.19. The molecule has 1 heterocycles. The number of carbonyl (C=O) groups excluding carboxylic acids is 2. The van der Waals surface area contributed by atoms with Crippen molar-refractivity contribution in [2.24, 2.45) is 0 Å². The van der Waals surface area contributed by atoms with Gasteiger partial charge in [-0.15, -0.1) is 0 Å². The number of benzene rings is 2. The van der Waals surface area contributed by atoms with Crippen LogP contribution in [0.25, 0.3) is 17.0 Å². The van der Waals surface area contributed by atoms with Gasteiger partial charge in [-0.05, 0) is 23.3 Å². The molecule has 0 radical (unpaired) electrons. The number of carbonyl (C=O) groups is 2. The standard InChI is InChI=1S/C21H20N2O3/c1-26-21(25)19(13-16-14-22-18-10-6-5-9-17(16)18)23-20(24)12-11-15-7-3-2-4-8-15/h2-12,14,19,22H,13H2,1H3,(H,23,24)/b12-11+/t19-/m1/s1. The number of para-hydroxylation sites is 1. The summed E-state index contributed by atoms with van der Waals surface area (Å²) < 4.78 is 4.85. The summed E-state index contributed by atoms with van der Waals surface area (Å²) in [6, 6.07) is 16.6. The SMILES string of the molecule is COC(=O)[C@@H](Cc1c[nH]c2ccccc12)NC(=O)/C=C/c1ccccc1. The molecule has 0 aliphatic carbocycles. The molecule has 26 heavy (non-hydrogen) atoms. The predicted octanol–water partition coefficient (Wildman–Crippen LogP) is 3.08. The van der Waals surface area contributed by atoms with Gasteiger partial charge in [0.2, 0.25) is 5.91 Å². The van der Waals surface area contributed by atoms with Crippen molar-refractivity contribution in [3.8, 4) is 0 Å². The van der Waals surface area contributed by atoms with Crippen LogP contribution in [-0.2, 0) is 20.7 Å². The first kappa shape index (κ1) is 17.5. The molecule has 0 saturated heterocycles. The molecule has 1 atom stereocenters. The number of hydrogen-bond donors (Lipinski definition) is 2. The normalized spacial score (nSPS) is 12.2. The Morgan fingerprint density at radius 1 is 1.12 bits per heavy atom. The number of amides is 1. The van der Waals surface area contributed by atoms with E-state index in [2.05, 4.69) is 10.3 Å². The molecule has 3 rings (SSSR count). The quantitative estimate of drug-likeness (QED) is 0.531. The summed E-state index contributed by atoms with van der Waals surface area (Å²) >= 11 is 0. The molecular formula is C21H20N2O3. The van der Waals surface area contributed by atoms with Crippen LogP contribution >= 0.6 is 0 Å². The van der Waals surface area contributed by atoms with Gasteiger partial charge in [0, 0.05) is 29.6 Å². The number of ether oxygens (including phenoxy) is 1. The van der Waals surface area contributed by atoms with Gasteiger partial charge in [0.05, 0.1) is 7.11 Å². The van der Waals surface area contributed by atoms with Crippen molar-refractivity contribution in [1.29, 1.82) is 0 Å². The molecule has 5 nitrogen and oxygen atoms in total. The Hall–Kier alpha value is -3.34. The Morgan fingerprint density at radius 2 is 1.85 bits per heavy atom. The summed E-state index contributed by atoms with van der Waals surface area (Å²) in [7, 11) is 1.32. The van der Waals surface area contributed by atoms with Crippen LogP contribution < -0.4 is 5.32 Å². The maximum absolute atomic E-state index is 12.2.